The van der Waals surface area contributed by atoms with Gasteiger partial charge in [-0.15, -0.1) is 11.3 Å². The fraction of sp³-hybridized carbons (Fsp3) is 0.550. The lowest BCUT2D eigenvalue weighted by molar-refractivity contribution is 0.319. The largest absolute Gasteiger partial charge is 0.383 e. The number of fused-ring (bicyclic) bond motifs is 3. The van der Waals surface area contributed by atoms with Gasteiger partial charge in [0.1, 0.15) is 16.5 Å². The molecule has 0 aromatic carbocycles. The molecule has 142 valence electrons. The van der Waals surface area contributed by atoms with Crippen molar-refractivity contribution in [1.82, 2.24) is 24.6 Å². The van der Waals surface area contributed by atoms with Crippen LogP contribution in [-0.4, -0.2) is 37.7 Å². The van der Waals surface area contributed by atoms with Crippen LogP contribution >= 0.6 is 11.3 Å². The van der Waals surface area contributed by atoms with Gasteiger partial charge in [0.2, 0.25) is 0 Å². The lowest BCUT2D eigenvalue weighted by Crippen LogP contribution is -2.21. The first-order valence-corrected chi connectivity index (χ1v) is 10.7. The Labute approximate surface area is 163 Å². The highest BCUT2D eigenvalue weighted by Gasteiger charge is 2.27. The van der Waals surface area contributed by atoms with Gasteiger partial charge in [0.05, 0.1) is 18.1 Å². The van der Waals surface area contributed by atoms with Gasteiger partial charge >= 0.3 is 0 Å². The van der Waals surface area contributed by atoms with Gasteiger partial charge in [-0.1, -0.05) is 6.92 Å². The highest BCUT2D eigenvalue weighted by atomic mass is 32.1. The summed E-state index contributed by atoms with van der Waals surface area (Å²) >= 11 is 1.83. The van der Waals surface area contributed by atoms with Crippen molar-refractivity contribution in [2.45, 2.75) is 45.1 Å². The summed E-state index contributed by atoms with van der Waals surface area (Å²) in [5.41, 5.74) is 9.12. The quantitative estimate of drug-likeness (QED) is 0.753. The van der Waals surface area contributed by atoms with E-state index in [0.717, 1.165) is 60.9 Å². The molecule has 7 heteroatoms. The van der Waals surface area contributed by atoms with Gasteiger partial charge < -0.3 is 5.73 Å². The molecule has 1 aliphatic heterocycles. The number of anilines is 1. The van der Waals surface area contributed by atoms with Crippen molar-refractivity contribution in [2.24, 2.45) is 13.0 Å². The molecule has 0 spiro atoms. The summed E-state index contributed by atoms with van der Waals surface area (Å²) in [6, 6.07) is 0. The lowest BCUT2D eigenvalue weighted by Gasteiger charge is -2.18. The smallest absolute Gasteiger partial charge is 0.146 e. The number of rotatable bonds is 3. The topological polar surface area (TPSA) is 72.9 Å². The molecule has 1 fully saturated rings. The summed E-state index contributed by atoms with van der Waals surface area (Å²) in [4.78, 5) is 14.6. The fourth-order valence-electron chi connectivity index (χ4n) is 4.59. The van der Waals surface area contributed by atoms with E-state index in [9.17, 15) is 0 Å². The van der Waals surface area contributed by atoms with Crippen LogP contribution in [0.4, 0.5) is 5.82 Å². The van der Waals surface area contributed by atoms with Crippen LogP contribution in [0.1, 0.15) is 47.5 Å². The van der Waals surface area contributed by atoms with E-state index >= 15 is 0 Å². The molecule has 2 atom stereocenters. The zero-order valence-corrected chi connectivity index (χ0v) is 16.8. The number of thiophene rings is 1. The Morgan fingerprint density at radius 3 is 3.00 bits per heavy atom. The minimum absolute atomic E-state index is 0.551. The Bertz CT molecular complexity index is 990. The zero-order valence-electron chi connectivity index (χ0n) is 16.0. The lowest BCUT2D eigenvalue weighted by atomic mass is 9.89. The van der Waals surface area contributed by atoms with Gasteiger partial charge in [0.25, 0.3) is 0 Å². The SMILES string of the molecule is CC1CCc2c(sc3nc(CN4CCC(c5cnn(C)c5)C4)nc(N)c23)C1. The van der Waals surface area contributed by atoms with Gasteiger partial charge in [-0.3, -0.25) is 9.58 Å². The molecule has 4 heterocycles. The number of nitrogen functional groups attached to an aromatic ring is 1. The zero-order chi connectivity index (χ0) is 18.5. The summed E-state index contributed by atoms with van der Waals surface area (Å²) < 4.78 is 1.88. The molecule has 0 bridgehead atoms. The maximum atomic E-state index is 6.38. The fourth-order valence-corrected chi connectivity index (χ4v) is 6.00. The number of nitrogens with zero attached hydrogens (tertiary/aromatic N) is 5. The van der Waals surface area contributed by atoms with Crippen molar-refractivity contribution < 1.29 is 0 Å². The Morgan fingerprint density at radius 1 is 1.30 bits per heavy atom. The van der Waals surface area contributed by atoms with E-state index in [1.54, 1.807) is 0 Å². The van der Waals surface area contributed by atoms with Gasteiger partial charge in [-0.05, 0) is 49.3 Å². The third kappa shape index (κ3) is 3.12. The highest BCUT2D eigenvalue weighted by molar-refractivity contribution is 7.19. The van der Waals surface area contributed by atoms with Gasteiger partial charge in [-0.25, -0.2) is 9.97 Å². The summed E-state index contributed by atoms with van der Waals surface area (Å²) in [6.07, 6.45) is 8.79. The monoisotopic (exact) mass is 382 g/mol. The van der Waals surface area contributed by atoms with Crippen molar-refractivity contribution >= 4 is 27.4 Å². The van der Waals surface area contributed by atoms with Crippen molar-refractivity contribution in [2.75, 3.05) is 18.8 Å². The molecule has 0 saturated carbocycles. The van der Waals surface area contributed by atoms with Gasteiger partial charge in [-0.2, -0.15) is 5.10 Å². The molecule has 2 aliphatic rings. The van der Waals surface area contributed by atoms with Crippen molar-refractivity contribution in [3.8, 4) is 0 Å². The third-order valence-electron chi connectivity index (χ3n) is 6.06. The predicted octanol–water partition coefficient (Wildman–Crippen LogP) is 3.12. The summed E-state index contributed by atoms with van der Waals surface area (Å²) in [6.45, 7) is 5.21. The minimum atomic E-state index is 0.551. The van der Waals surface area contributed by atoms with E-state index in [1.807, 2.05) is 29.3 Å². The van der Waals surface area contributed by atoms with E-state index in [-0.39, 0.29) is 0 Å². The van der Waals surface area contributed by atoms with Crippen molar-refractivity contribution in [3.63, 3.8) is 0 Å². The molecule has 1 saturated heterocycles. The van der Waals surface area contributed by atoms with Crippen LogP contribution in [0, 0.1) is 5.92 Å². The number of likely N-dealkylation sites (tertiary alicyclic amines) is 1. The third-order valence-corrected chi connectivity index (χ3v) is 7.21. The second-order valence-electron chi connectivity index (χ2n) is 8.23. The average Bonchev–Trinajstić information content (AvgIpc) is 3.32. The molecule has 0 amide bonds. The molecular weight excluding hydrogens is 356 g/mol. The van der Waals surface area contributed by atoms with Crippen molar-refractivity contribution in [1.29, 1.82) is 0 Å². The second kappa shape index (κ2) is 6.56. The number of aryl methyl sites for hydroxylation is 2. The first-order valence-electron chi connectivity index (χ1n) is 9.84. The molecule has 0 radical (unpaired) electrons. The second-order valence-corrected chi connectivity index (χ2v) is 9.31. The maximum Gasteiger partial charge on any atom is 0.146 e. The number of aromatic nitrogens is 4. The van der Waals surface area contributed by atoms with Gasteiger partial charge in [0, 0.05) is 30.6 Å². The summed E-state index contributed by atoms with van der Waals surface area (Å²) in [5, 5.41) is 5.44. The van der Waals surface area contributed by atoms with E-state index in [0.29, 0.717) is 11.7 Å². The first-order chi connectivity index (χ1) is 13.1. The molecule has 2 unspecified atom stereocenters. The Kier molecular flexibility index (Phi) is 4.16. The first kappa shape index (κ1) is 17.1. The van der Waals surface area contributed by atoms with Crippen LogP contribution in [0.5, 0.6) is 0 Å². The Balaban J connectivity index is 1.37. The van der Waals surface area contributed by atoms with Crippen LogP contribution < -0.4 is 5.73 Å². The molecular formula is C20H26N6S. The molecule has 6 nitrogen and oxygen atoms in total. The summed E-state index contributed by atoms with van der Waals surface area (Å²) in [7, 11) is 1.98. The highest BCUT2D eigenvalue weighted by Crippen LogP contribution is 2.39. The number of nitrogens with two attached hydrogens (primary N) is 1. The minimum Gasteiger partial charge on any atom is -0.383 e. The van der Waals surface area contributed by atoms with Crippen LogP contribution in [0.25, 0.3) is 10.2 Å². The van der Waals surface area contributed by atoms with Crippen LogP contribution in [0.3, 0.4) is 0 Å². The molecule has 27 heavy (non-hydrogen) atoms. The van der Waals surface area contributed by atoms with E-state index in [1.165, 1.54) is 22.4 Å². The van der Waals surface area contributed by atoms with Crippen LogP contribution in [0.2, 0.25) is 0 Å². The Hall–Kier alpha value is -1.99. The molecule has 3 aromatic rings. The Morgan fingerprint density at radius 2 is 2.19 bits per heavy atom. The molecule has 5 rings (SSSR count). The maximum absolute atomic E-state index is 6.38. The average molecular weight is 383 g/mol. The van der Waals surface area contributed by atoms with E-state index in [2.05, 4.69) is 28.1 Å². The molecule has 3 aromatic heterocycles. The van der Waals surface area contributed by atoms with E-state index in [4.69, 9.17) is 10.7 Å². The van der Waals surface area contributed by atoms with Crippen LogP contribution in [-0.2, 0) is 26.4 Å². The molecule has 1 aliphatic carbocycles. The standard InChI is InChI=1S/C20H26N6S/c1-12-3-4-15-16(7-12)27-20-18(15)19(21)23-17(24-20)11-26-6-5-13(10-26)14-8-22-25(2)9-14/h8-9,12-13H,3-7,10-11H2,1-2H3,(H2,21,23,24). The van der Waals surface area contributed by atoms with Gasteiger partial charge in [0.15, 0.2) is 0 Å². The number of hydrogen-bond acceptors (Lipinski definition) is 6. The predicted molar refractivity (Wildman–Crippen MR) is 109 cm³/mol. The molecule has 2 N–H and O–H groups in total. The normalized spacial score (nSPS) is 23.2. The van der Waals surface area contributed by atoms with Crippen molar-refractivity contribution in [3.05, 3.63) is 34.2 Å². The number of hydrogen-bond donors (Lipinski definition) is 1. The summed E-state index contributed by atoms with van der Waals surface area (Å²) in [5.74, 6) is 2.84. The van der Waals surface area contributed by atoms with Crippen LogP contribution in [0.15, 0.2) is 12.4 Å². The van der Waals surface area contributed by atoms with E-state index < -0.39 is 0 Å².